The van der Waals surface area contributed by atoms with E-state index in [1.807, 2.05) is 6.92 Å². The molecule has 2 aromatic rings. The van der Waals surface area contributed by atoms with Crippen LogP contribution in [0.15, 0.2) is 30.3 Å². The Bertz CT molecular complexity index is 593. The lowest BCUT2D eigenvalue weighted by Crippen LogP contribution is -2.05. The number of aromatic nitrogens is 2. The molecule has 1 aromatic carbocycles. The van der Waals surface area contributed by atoms with Crippen LogP contribution >= 0.6 is 0 Å². The molecule has 0 radical (unpaired) electrons. The van der Waals surface area contributed by atoms with Crippen molar-refractivity contribution in [2.75, 3.05) is 0 Å². The molecule has 2 rings (SSSR count). The number of aromatic carboxylic acids is 1. The predicted octanol–water partition coefficient (Wildman–Crippen LogP) is 3.05. The summed E-state index contributed by atoms with van der Waals surface area (Å²) in [6.45, 7) is 2.04. The zero-order valence-corrected chi connectivity index (χ0v) is 10.6. The molecule has 0 aliphatic heterocycles. The number of hydrogen-bond acceptors (Lipinski definition) is 2. The second-order valence-corrected chi connectivity index (χ2v) is 4.29. The minimum Gasteiger partial charge on any atom is -0.476 e. The van der Waals surface area contributed by atoms with Gasteiger partial charge >= 0.3 is 5.97 Å². The zero-order chi connectivity index (χ0) is 13.8. The number of benzene rings is 1. The molecule has 0 aliphatic carbocycles. The van der Waals surface area contributed by atoms with Crippen molar-refractivity contribution in [2.24, 2.45) is 0 Å². The molecule has 100 valence electrons. The van der Waals surface area contributed by atoms with E-state index in [1.54, 1.807) is 18.2 Å². The van der Waals surface area contributed by atoms with Crippen molar-refractivity contribution in [1.29, 1.82) is 0 Å². The molecule has 0 spiro atoms. The largest absolute Gasteiger partial charge is 0.476 e. The van der Waals surface area contributed by atoms with Crippen molar-refractivity contribution in [1.82, 2.24) is 9.78 Å². The lowest BCUT2D eigenvalue weighted by Gasteiger charge is -2.07. The van der Waals surface area contributed by atoms with Crippen molar-refractivity contribution in [3.8, 4) is 5.69 Å². The van der Waals surface area contributed by atoms with E-state index >= 15 is 0 Å². The first-order chi connectivity index (χ1) is 9.13. The second-order valence-electron chi connectivity index (χ2n) is 4.29. The van der Waals surface area contributed by atoms with Crippen molar-refractivity contribution < 1.29 is 14.3 Å². The van der Waals surface area contributed by atoms with Crippen LogP contribution < -0.4 is 0 Å². The summed E-state index contributed by atoms with van der Waals surface area (Å²) < 4.78 is 15.2. The van der Waals surface area contributed by atoms with Gasteiger partial charge in [0.25, 0.3) is 0 Å². The summed E-state index contributed by atoms with van der Waals surface area (Å²) in [5.41, 5.74) is 0.930. The number of carboxylic acid groups (broad SMARTS) is 1. The standard InChI is InChI=1S/C14H15FN2O2/c1-2-3-6-10-9-12(14(18)19)16-17(10)13-8-5-4-7-11(13)15/h4-5,7-9H,2-3,6H2,1H3,(H,18,19). The number of nitrogens with zero attached hydrogens (tertiary/aromatic N) is 2. The fraction of sp³-hybridized carbons (Fsp3) is 0.286. The summed E-state index contributed by atoms with van der Waals surface area (Å²) in [7, 11) is 0. The highest BCUT2D eigenvalue weighted by Crippen LogP contribution is 2.17. The molecular weight excluding hydrogens is 247 g/mol. The molecule has 4 nitrogen and oxygen atoms in total. The highest BCUT2D eigenvalue weighted by Gasteiger charge is 2.15. The van der Waals surface area contributed by atoms with Crippen LogP contribution in [0, 0.1) is 5.82 Å². The highest BCUT2D eigenvalue weighted by atomic mass is 19.1. The molecule has 0 fully saturated rings. The van der Waals surface area contributed by atoms with Crippen LogP contribution in [0.4, 0.5) is 4.39 Å². The molecule has 1 aromatic heterocycles. The van der Waals surface area contributed by atoms with E-state index in [-0.39, 0.29) is 11.4 Å². The number of carboxylic acids is 1. The molecule has 0 unspecified atom stereocenters. The van der Waals surface area contributed by atoms with Crippen LogP contribution in [-0.2, 0) is 6.42 Å². The first-order valence-electron chi connectivity index (χ1n) is 6.20. The van der Waals surface area contributed by atoms with Crippen molar-refractivity contribution in [2.45, 2.75) is 26.2 Å². The Morgan fingerprint density at radius 1 is 1.42 bits per heavy atom. The smallest absolute Gasteiger partial charge is 0.356 e. The van der Waals surface area contributed by atoms with E-state index in [0.717, 1.165) is 12.8 Å². The van der Waals surface area contributed by atoms with Crippen LogP contribution in [0.5, 0.6) is 0 Å². The van der Waals surface area contributed by atoms with Gasteiger partial charge in [0, 0.05) is 5.69 Å². The minimum absolute atomic E-state index is 0.0608. The summed E-state index contributed by atoms with van der Waals surface area (Å²) in [4.78, 5) is 11.0. The molecule has 0 saturated carbocycles. The Hall–Kier alpha value is -2.17. The Labute approximate surface area is 110 Å². The van der Waals surface area contributed by atoms with Gasteiger partial charge in [-0.05, 0) is 31.0 Å². The number of halogens is 1. The van der Waals surface area contributed by atoms with E-state index in [1.165, 1.54) is 16.8 Å². The van der Waals surface area contributed by atoms with Crippen LogP contribution in [0.2, 0.25) is 0 Å². The third-order valence-electron chi connectivity index (χ3n) is 2.87. The van der Waals surface area contributed by atoms with Crippen LogP contribution in [0.25, 0.3) is 5.69 Å². The van der Waals surface area contributed by atoms with Gasteiger partial charge in [-0.15, -0.1) is 0 Å². The molecule has 0 amide bonds. The molecular formula is C14H15FN2O2. The average molecular weight is 262 g/mol. The topological polar surface area (TPSA) is 55.1 Å². The highest BCUT2D eigenvalue weighted by molar-refractivity contribution is 5.85. The maximum absolute atomic E-state index is 13.8. The summed E-state index contributed by atoms with van der Waals surface area (Å²) >= 11 is 0. The summed E-state index contributed by atoms with van der Waals surface area (Å²) in [5, 5.41) is 13.0. The third kappa shape index (κ3) is 2.81. The van der Waals surface area contributed by atoms with Gasteiger partial charge in [-0.2, -0.15) is 5.10 Å². The number of hydrogen-bond donors (Lipinski definition) is 1. The molecule has 1 N–H and O–H groups in total. The minimum atomic E-state index is -1.10. The fourth-order valence-corrected chi connectivity index (χ4v) is 1.89. The Morgan fingerprint density at radius 2 is 2.16 bits per heavy atom. The predicted molar refractivity (Wildman–Crippen MR) is 69.1 cm³/mol. The van der Waals surface area contributed by atoms with Crippen LogP contribution in [0.3, 0.4) is 0 Å². The van der Waals surface area contributed by atoms with Gasteiger partial charge in [0.2, 0.25) is 0 Å². The summed E-state index contributed by atoms with van der Waals surface area (Å²) in [5.74, 6) is -1.52. The average Bonchev–Trinajstić information content (AvgIpc) is 2.81. The molecule has 0 aliphatic rings. The SMILES string of the molecule is CCCCc1cc(C(=O)O)nn1-c1ccccc1F. The monoisotopic (exact) mass is 262 g/mol. The number of para-hydroxylation sites is 1. The van der Waals surface area contributed by atoms with Gasteiger partial charge in [0.1, 0.15) is 11.5 Å². The van der Waals surface area contributed by atoms with E-state index < -0.39 is 11.8 Å². The van der Waals surface area contributed by atoms with E-state index in [2.05, 4.69) is 5.10 Å². The second kappa shape index (κ2) is 5.65. The third-order valence-corrected chi connectivity index (χ3v) is 2.87. The van der Waals surface area contributed by atoms with Crippen molar-refractivity contribution in [3.63, 3.8) is 0 Å². The zero-order valence-electron chi connectivity index (χ0n) is 10.6. The normalized spacial score (nSPS) is 10.6. The van der Waals surface area contributed by atoms with Gasteiger partial charge in [-0.1, -0.05) is 25.5 Å². The summed E-state index contributed by atoms with van der Waals surface area (Å²) in [6.07, 6.45) is 2.55. The molecule has 19 heavy (non-hydrogen) atoms. The number of carbonyl (C=O) groups is 1. The molecule has 1 heterocycles. The van der Waals surface area contributed by atoms with Crippen LogP contribution in [0.1, 0.15) is 35.9 Å². The maximum Gasteiger partial charge on any atom is 0.356 e. The molecule has 5 heteroatoms. The molecule has 0 bridgehead atoms. The van der Waals surface area contributed by atoms with Crippen LogP contribution in [-0.4, -0.2) is 20.9 Å². The fourth-order valence-electron chi connectivity index (χ4n) is 1.89. The lowest BCUT2D eigenvalue weighted by atomic mass is 10.2. The van der Waals surface area contributed by atoms with Gasteiger partial charge < -0.3 is 5.11 Å². The Morgan fingerprint density at radius 3 is 2.79 bits per heavy atom. The van der Waals surface area contributed by atoms with Gasteiger partial charge in [0.15, 0.2) is 5.69 Å². The first-order valence-corrected chi connectivity index (χ1v) is 6.20. The number of aryl methyl sites for hydroxylation is 1. The molecule has 0 saturated heterocycles. The molecule has 0 atom stereocenters. The first kappa shape index (κ1) is 13.3. The quantitative estimate of drug-likeness (QED) is 0.901. The van der Waals surface area contributed by atoms with E-state index in [4.69, 9.17) is 5.11 Å². The lowest BCUT2D eigenvalue weighted by molar-refractivity contribution is 0.0690. The van der Waals surface area contributed by atoms with E-state index in [9.17, 15) is 9.18 Å². The van der Waals surface area contributed by atoms with Crippen molar-refractivity contribution >= 4 is 5.97 Å². The van der Waals surface area contributed by atoms with Gasteiger partial charge in [-0.3, -0.25) is 0 Å². The van der Waals surface area contributed by atoms with E-state index in [0.29, 0.717) is 12.1 Å². The Kier molecular flexibility index (Phi) is 3.94. The summed E-state index contributed by atoms with van der Waals surface area (Å²) in [6, 6.07) is 7.71. The number of unbranched alkanes of at least 4 members (excludes halogenated alkanes) is 1. The Balaban J connectivity index is 2.48. The number of rotatable bonds is 5. The van der Waals surface area contributed by atoms with Crippen molar-refractivity contribution in [3.05, 3.63) is 47.5 Å². The maximum atomic E-state index is 13.8. The van der Waals surface area contributed by atoms with Gasteiger partial charge in [0.05, 0.1) is 0 Å². The van der Waals surface area contributed by atoms with Gasteiger partial charge in [-0.25, -0.2) is 13.9 Å².